The van der Waals surface area contributed by atoms with Gasteiger partial charge in [0.2, 0.25) is 0 Å². The lowest BCUT2D eigenvalue weighted by Gasteiger charge is -2.14. The topological polar surface area (TPSA) is 75.2 Å². The minimum atomic E-state index is -0.337. The lowest BCUT2D eigenvalue weighted by atomic mass is 10.2. The van der Waals surface area contributed by atoms with Crippen molar-refractivity contribution in [1.82, 2.24) is 14.9 Å². The highest BCUT2D eigenvalue weighted by atomic mass is 16.2. The fourth-order valence-corrected chi connectivity index (χ4v) is 1.91. The molecule has 2 aromatic heterocycles. The van der Waals surface area contributed by atoms with E-state index in [1.165, 1.54) is 12.4 Å². The van der Waals surface area contributed by atoms with Crippen molar-refractivity contribution in [2.75, 3.05) is 12.0 Å². The van der Waals surface area contributed by atoms with Crippen molar-refractivity contribution in [2.24, 2.45) is 0 Å². The van der Waals surface area contributed by atoms with Gasteiger partial charge in [-0.1, -0.05) is 6.07 Å². The van der Waals surface area contributed by atoms with E-state index in [-0.39, 0.29) is 18.5 Å². The third-order valence-electron chi connectivity index (χ3n) is 2.86. The number of anilines is 1. The molecule has 1 aliphatic heterocycles. The molecule has 6 heteroatoms. The van der Waals surface area contributed by atoms with Crippen molar-refractivity contribution in [3.63, 3.8) is 0 Å². The third kappa shape index (κ3) is 1.93. The minimum Gasteiger partial charge on any atom is -0.352 e. The summed E-state index contributed by atoms with van der Waals surface area (Å²) >= 11 is 0. The number of carbonyl (C=O) groups is 2. The second-order valence-electron chi connectivity index (χ2n) is 4.01. The Labute approximate surface area is 109 Å². The highest BCUT2D eigenvalue weighted by Gasteiger charge is 2.35. The predicted molar refractivity (Wildman–Crippen MR) is 67.5 cm³/mol. The molecule has 2 amide bonds. The Hall–Kier alpha value is -2.76. The molecule has 0 atom stereocenters. The highest BCUT2D eigenvalue weighted by molar-refractivity contribution is 6.21. The molecule has 0 unspecified atom stereocenters. The van der Waals surface area contributed by atoms with E-state index >= 15 is 0 Å². The van der Waals surface area contributed by atoms with Gasteiger partial charge in [-0.2, -0.15) is 0 Å². The summed E-state index contributed by atoms with van der Waals surface area (Å²) in [5, 5.41) is 2.94. The zero-order chi connectivity index (χ0) is 13.2. The first-order chi connectivity index (χ1) is 9.27. The number of imide groups is 1. The molecule has 19 heavy (non-hydrogen) atoms. The maximum atomic E-state index is 12.0. The predicted octanol–water partition coefficient (Wildman–Crippen LogP) is 1.14. The molecular weight excluding hydrogens is 244 g/mol. The molecule has 94 valence electrons. The number of nitrogens with one attached hydrogen (secondary N) is 1. The number of rotatable bonds is 3. The monoisotopic (exact) mass is 254 g/mol. The number of pyridine rings is 2. The summed E-state index contributed by atoms with van der Waals surface area (Å²) in [6.45, 7) is 0.0867. The van der Waals surface area contributed by atoms with Crippen LogP contribution in [-0.2, 0) is 0 Å². The maximum Gasteiger partial charge on any atom is 0.264 e. The fraction of sp³-hybridized carbons (Fsp3) is 0.0769. The summed E-state index contributed by atoms with van der Waals surface area (Å²) in [4.78, 5) is 33.1. The Morgan fingerprint density at radius 3 is 2.63 bits per heavy atom. The van der Waals surface area contributed by atoms with Crippen LogP contribution in [0.3, 0.4) is 0 Å². The smallest absolute Gasteiger partial charge is 0.264 e. The van der Waals surface area contributed by atoms with Gasteiger partial charge in [0.25, 0.3) is 11.8 Å². The van der Waals surface area contributed by atoms with Crippen LogP contribution in [0.1, 0.15) is 20.7 Å². The van der Waals surface area contributed by atoms with Crippen molar-refractivity contribution in [2.45, 2.75) is 0 Å². The summed E-state index contributed by atoms with van der Waals surface area (Å²) in [5.74, 6) is -0.0421. The van der Waals surface area contributed by atoms with Gasteiger partial charge in [0.1, 0.15) is 5.82 Å². The van der Waals surface area contributed by atoms with E-state index in [1.54, 1.807) is 24.4 Å². The molecule has 0 saturated heterocycles. The number of hydrogen-bond acceptors (Lipinski definition) is 5. The number of carbonyl (C=O) groups excluding carboxylic acids is 2. The van der Waals surface area contributed by atoms with Crippen molar-refractivity contribution in [3.8, 4) is 0 Å². The van der Waals surface area contributed by atoms with E-state index in [0.29, 0.717) is 16.9 Å². The van der Waals surface area contributed by atoms with Crippen LogP contribution < -0.4 is 5.32 Å². The number of amides is 2. The average Bonchev–Trinajstić information content (AvgIpc) is 2.71. The van der Waals surface area contributed by atoms with Crippen LogP contribution >= 0.6 is 0 Å². The molecule has 0 aliphatic carbocycles. The quantitative estimate of drug-likeness (QED) is 0.831. The van der Waals surface area contributed by atoms with Gasteiger partial charge >= 0.3 is 0 Å². The number of fused-ring (bicyclic) bond motifs is 1. The molecule has 0 aromatic carbocycles. The van der Waals surface area contributed by atoms with Gasteiger partial charge in [-0.3, -0.25) is 19.5 Å². The van der Waals surface area contributed by atoms with Crippen molar-refractivity contribution < 1.29 is 9.59 Å². The van der Waals surface area contributed by atoms with Gasteiger partial charge in [0.15, 0.2) is 0 Å². The van der Waals surface area contributed by atoms with Crippen LogP contribution in [0.15, 0.2) is 42.9 Å². The summed E-state index contributed by atoms with van der Waals surface area (Å²) < 4.78 is 0. The van der Waals surface area contributed by atoms with E-state index in [4.69, 9.17) is 0 Å². The third-order valence-corrected chi connectivity index (χ3v) is 2.86. The lowest BCUT2D eigenvalue weighted by molar-refractivity contribution is 0.0665. The molecule has 0 spiro atoms. The molecule has 3 heterocycles. The summed E-state index contributed by atoms with van der Waals surface area (Å²) in [6.07, 6.45) is 4.55. The van der Waals surface area contributed by atoms with Crippen LogP contribution in [0.2, 0.25) is 0 Å². The Bertz CT molecular complexity index is 607. The minimum absolute atomic E-state index is 0.0867. The molecule has 0 radical (unpaired) electrons. The van der Waals surface area contributed by atoms with E-state index in [2.05, 4.69) is 15.3 Å². The molecule has 6 nitrogen and oxygen atoms in total. The van der Waals surface area contributed by atoms with E-state index in [0.717, 1.165) is 4.90 Å². The SMILES string of the molecule is O=C1c2ccncc2C(=O)N1CNc1ccccn1. The van der Waals surface area contributed by atoms with E-state index in [1.807, 2.05) is 6.07 Å². The van der Waals surface area contributed by atoms with Crippen LogP contribution in [0.4, 0.5) is 5.82 Å². The second kappa shape index (κ2) is 4.49. The maximum absolute atomic E-state index is 12.0. The van der Waals surface area contributed by atoms with E-state index in [9.17, 15) is 9.59 Å². The number of hydrogen-bond donors (Lipinski definition) is 1. The summed E-state index contributed by atoms with van der Waals surface area (Å²) in [7, 11) is 0. The first-order valence-corrected chi connectivity index (χ1v) is 5.72. The molecule has 2 aromatic rings. The van der Waals surface area contributed by atoms with Gasteiger partial charge in [0, 0.05) is 18.6 Å². The standard InChI is InChI=1S/C13H10N4O2/c18-12-9-4-6-14-7-10(9)13(19)17(12)8-16-11-3-1-2-5-15-11/h1-7H,8H2,(H,15,16). The second-order valence-corrected chi connectivity index (χ2v) is 4.01. The van der Waals surface area contributed by atoms with Gasteiger partial charge in [-0.15, -0.1) is 0 Å². The van der Waals surface area contributed by atoms with Gasteiger partial charge in [-0.25, -0.2) is 4.98 Å². The van der Waals surface area contributed by atoms with Crippen LogP contribution in [0, 0.1) is 0 Å². The molecule has 3 rings (SSSR count). The average molecular weight is 254 g/mol. The van der Waals surface area contributed by atoms with Gasteiger partial charge in [-0.05, 0) is 18.2 Å². The zero-order valence-electron chi connectivity index (χ0n) is 9.91. The van der Waals surface area contributed by atoms with Crippen molar-refractivity contribution in [3.05, 3.63) is 54.0 Å². The van der Waals surface area contributed by atoms with Gasteiger partial charge < -0.3 is 5.32 Å². The normalized spacial score (nSPS) is 13.6. The zero-order valence-corrected chi connectivity index (χ0v) is 9.91. The molecular formula is C13H10N4O2. The number of nitrogens with zero attached hydrogens (tertiary/aromatic N) is 3. The molecule has 0 fully saturated rings. The Morgan fingerprint density at radius 2 is 1.89 bits per heavy atom. The van der Waals surface area contributed by atoms with Crippen LogP contribution in [-0.4, -0.2) is 33.4 Å². The van der Waals surface area contributed by atoms with E-state index < -0.39 is 0 Å². The van der Waals surface area contributed by atoms with Crippen molar-refractivity contribution >= 4 is 17.6 Å². The van der Waals surface area contributed by atoms with Crippen molar-refractivity contribution in [1.29, 1.82) is 0 Å². The van der Waals surface area contributed by atoms with Crippen LogP contribution in [0.5, 0.6) is 0 Å². The molecule has 0 bridgehead atoms. The largest absolute Gasteiger partial charge is 0.352 e. The summed E-state index contributed by atoms with van der Waals surface area (Å²) in [6, 6.07) is 6.93. The van der Waals surface area contributed by atoms with Gasteiger partial charge in [0.05, 0.1) is 17.8 Å². The Kier molecular flexibility index (Phi) is 2.68. The molecule has 1 aliphatic rings. The Morgan fingerprint density at radius 1 is 1.05 bits per heavy atom. The molecule has 1 N–H and O–H groups in total. The first kappa shape index (κ1) is 11.3. The van der Waals surface area contributed by atoms with Crippen LogP contribution in [0.25, 0.3) is 0 Å². The molecule has 0 saturated carbocycles. The number of aromatic nitrogens is 2. The summed E-state index contributed by atoms with van der Waals surface area (Å²) in [5.41, 5.74) is 0.734. The highest BCUT2D eigenvalue weighted by Crippen LogP contribution is 2.21. The first-order valence-electron chi connectivity index (χ1n) is 5.72. The Balaban J connectivity index is 1.78. The fourth-order valence-electron chi connectivity index (χ4n) is 1.91. The lowest BCUT2D eigenvalue weighted by Crippen LogP contribution is -2.34.